The van der Waals surface area contributed by atoms with Gasteiger partial charge in [-0.2, -0.15) is 0 Å². The van der Waals surface area contributed by atoms with Gasteiger partial charge in [0.15, 0.2) is 0 Å². The second kappa shape index (κ2) is 4.14. The summed E-state index contributed by atoms with van der Waals surface area (Å²) in [6, 6.07) is 0. The van der Waals surface area contributed by atoms with Crippen molar-refractivity contribution in [1.29, 1.82) is 0 Å². The first kappa shape index (κ1) is 11.3. The minimum absolute atomic E-state index is 0.329. The summed E-state index contributed by atoms with van der Waals surface area (Å²) in [4.78, 5) is 0. The van der Waals surface area contributed by atoms with E-state index in [2.05, 4.69) is 26.7 Å². The van der Waals surface area contributed by atoms with Gasteiger partial charge in [0.2, 0.25) is 0 Å². The molecule has 0 bridgehead atoms. The van der Waals surface area contributed by atoms with Gasteiger partial charge in [-0.05, 0) is 30.9 Å². The molecule has 1 aliphatic carbocycles. The molecule has 1 aliphatic rings. The normalized spacial score (nSPS) is 27.3. The number of thiocarbonyl (C=S) groups is 1. The number of hydrogen-bond donors (Lipinski definition) is 0. The second-order valence-corrected chi connectivity index (χ2v) is 6.00. The third-order valence-corrected chi connectivity index (χ3v) is 4.32. The van der Waals surface area contributed by atoms with Gasteiger partial charge < -0.3 is 0 Å². The molecular formula is C11H18S2. The monoisotopic (exact) mass is 214 g/mol. The molecule has 1 saturated carbocycles. The molecule has 0 spiro atoms. The van der Waals surface area contributed by atoms with Crippen LogP contribution in [0.3, 0.4) is 0 Å². The van der Waals surface area contributed by atoms with Gasteiger partial charge in [-0.1, -0.05) is 38.2 Å². The van der Waals surface area contributed by atoms with Gasteiger partial charge in [-0.15, -0.1) is 11.8 Å². The molecule has 0 aromatic rings. The summed E-state index contributed by atoms with van der Waals surface area (Å²) < 4.78 is 1.12. The highest BCUT2D eigenvalue weighted by molar-refractivity contribution is 8.22. The molecule has 0 radical (unpaired) electrons. The van der Waals surface area contributed by atoms with Gasteiger partial charge in [0.1, 0.15) is 0 Å². The van der Waals surface area contributed by atoms with Crippen molar-refractivity contribution in [2.45, 2.75) is 33.1 Å². The average molecular weight is 214 g/mol. The standard InChI is InChI=1S/C11H18S2/c1-8-6-5-7-11(2,3)9(8)10(12)13-4/h9H,1,5-7H2,2-4H3. The first-order valence-electron chi connectivity index (χ1n) is 4.74. The fraction of sp³-hybridized carbons (Fsp3) is 0.727. The summed E-state index contributed by atoms with van der Waals surface area (Å²) in [6.45, 7) is 8.78. The van der Waals surface area contributed by atoms with Gasteiger partial charge in [0.05, 0.1) is 4.20 Å². The van der Waals surface area contributed by atoms with Crippen molar-refractivity contribution < 1.29 is 0 Å². The minimum Gasteiger partial charge on any atom is -0.122 e. The smallest absolute Gasteiger partial charge is 0.0552 e. The van der Waals surface area contributed by atoms with Crippen LogP contribution in [0.25, 0.3) is 0 Å². The van der Waals surface area contributed by atoms with Crippen LogP contribution in [0.5, 0.6) is 0 Å². The predicted molar refractivity (Wildman–Crippen MR) is 66.4 cm³/mol. The van der Waals surface area contributed by atoms with E-state index in [4.69, 9.17) is 12.2 Å². The maximum atomic E-state index is 5.40. The van der Waals surface area contributed by atoms with Crippen molar-refractivity contribution >= 4 is 28.2 Å². The van der Waals surface area contributed by atoms with Crippen LogP contribution in [0.1, 0.15) is 33.1 Å². The molecule has 1 rings (SSSR count). The Hall–Kier alpha value is 0.180. The van der Waals surface area contributed by atoms with Gasteiger partial charge in [-0.3, -0.25) is 0 Å². The molecule has 0 aromatic carbocycles. The van der Waals surface area contributed by atoms with E-state index in [9.17, 15) is 0 Å². The molecule has 2 heteroatoms. The lowest BCUT2D eigenvalue weighted by Crippen LogP contribution is -2.33. The van der Waals surface area contributed by atoms with E-state index in [1.54, 1.807) is 11.8 Å². The van der Waals surface area contributed by atoms with Crippen molar-refractivity contribution in [2.75, 3.05) is 6.26 Å². The number of hydrogen-bond acceptors (Lipinski definition) is 2. The van der Waals surface area contributed by atoms with Crippen molar-refractivity contribution in [3.8, 4) is 0 Å². The van der Waals surface area contributed by atoms with Crippen molar-refractivity contribution in [1.82, 2.24) is 0 Å². The minimum atomic E-state index is 0.329. The van der Waals surface area contributed by atoms with Crippen molar-refractivity contribution in [3.63, 3.8) is 0 Å². The van der Waals surface area contributed by atoms with E-state index in [1.807, 2.05) is 0 Å². The third-order valence-electron chi connectivity index (χ3n) is 2.95. The fourth-order valence-electron chi connectivity index (χ4n) is 2.22. The van der Waals surface area contributed by atoms with E-state index in [0.29, 0.717) is 11.3 Å². The summed E-state index contributed by atoms with van der Waals surface area (Å²) >= 11 is 7.11. The van der Waals surface area contributed by atoms with Crippen LogP contribution in [0.15, 0.2) is 12.2 Å². The van der Waals surface area contributed by atoms with Gasteiger partial charge >= 0.3 is 0 Å². The molecule has 0 nitrogen and oxygen atoms in total. The van der Waals surface area contributed by atoms with Crippen LogP contribution in [-0.4, -0.2) is 10.5 Å². The van der Waals surface area contributed by atoms with E-state index in [-0.39, 0.29) is 0 Å². The zero-order valence-electron chi connectivity index (χ0n) is 8.72. The largest absolute Gasteiger partial charge is 0.122 e. The summed E-state index contributed by atoms with van der Waals surface area (Å²) in [5.74, 6) is 0.450. The highest BCUT2D eigenvalue weighted by Crippen LogP contribution is 2.45. The van der Waals surface area contributed by atoms with Gasteiger partial charge in [0.25, 0.3) is 0 Å². The topological polar surface area (TPSA) is 0 Å². The Bertz CT molecular complexity index is 220. The molecule has 1 atom stereocenters. The number of allylic oxidation sites excluding steroid dienone is 1. The molecule has 1 fully saturated rings. The molecule has 0 saturated heterocycles. The summed E-state index contributed by atoms with van der Waals surface area (Å²) in [5, 5.41) is 0. The maximum absolute atomic E-state index is 5.40. The SMILES string of the molecule is C=C1CCCC(C)(C)C1C(=S)SC. The van der Waals surface area contributed by atoms with E-state index < -0.39 is 0 Å². The van der Waals surface area contributed by atoms with E-state index in [1.165, 1.54) is 18.4 Å². The molecule has 0 aliphatic heterocycles. The third kappa shape index (κ3) is 2.35. The highest BCUT2D eigenvalue weighted by Gasteiger charge is 2.36. The van der Waals surface area contributed by atoms with Crippen LogP contribution >= 0.6 is 24.0 Å². The average Bonchev–Trinajstić information content (AvgIpc) is 2.02. The van der Waals surface area contributed by atoms with E-state index in [0.717, 1.165) is 10.6 Å². The zero-order chi connectivity index (χ0) is 10.1. The first-order valence-corrected chi connectivity index (χ1v) is 6.38. The maximum Gasteiger partial charge on any atom is 0.0552 e. The van der Waals surface area contributed by atoms with Gasteiger partial charge in [-0.25, -0.2) is 0 Å². The Morgan fingerprint density at radius 3 is 2.69 bits per heavy atom. The summed E-state index contributed by atoms with van der Waals surface area (Å²) in [7, 11) is 0. The lowest BCUT2D eigenvalue weighted by molar-refractivity contribution is 0.246. The van der Waals surface area contributed by atoms with Crippen LogP contribution < -0.4 is 0 Å². The highest BCUT2D eigenvalue weighted by atomic mass is 32.2. The van der Waals surface area contributed by atoms with Crippen LogP contribution in [-0.2, 0) is 0 Å². The van der Waals surface area contributed by atoms with Gasteiger partial charge in [0, 0.05) is 5.92 Å². The lowest BCUT2D eigenvalue weighted by Gasteiger charge is -2.40. The van der Waals surface area contributed by atoms with Crippen LogP contribution in [0.2, 0.25) is 0 Å². The van der Waals surface area contributed by atoms with Crippen molar-refractivity contribution in [3.05, 3.63) is 12.2 Å². The van der Waals surface area contributed by atoms with Crippen LogP contribution in [0.4, 0.5) is 0 Å². The lowest BCUT2D eigenvalue weighted by atomic mass is 9.67. The Labute approximate surface area is 91.2 Å². The Kier molecular flexibility index (Phi) is 3.58. The van der Waals surface area contributed by atoms with Crippen molar-refractivity contribution in [2.24, 2.45) is 11.3 Å². The summed E-state index contributed by atoms with van der Waals surface area (Å²) in [5.41, 5.74) is 1.67. The molecule has 74 valence electrons. The van der Waals surface area contributed by atoms with E-state index >= 15 is 0 Å². The zero-order valence-corrected chi connectivity index (χ0v) is 10.4. The number of thioether (sulfide) groups is 1. The first-order chi connectivity index (χ1) is 5.99. The summed E-state index contributed by atoms with van der Waals surface area (Å²) in [6.07, 6.45) is 5.78. The molecule has 0 aromatic heterocycles. The second-order valence-electron chi connectivity index (χ2n) is 4.46. The molecule has 0 N–H and O–H groups in total. The number of rotatable bonds is 1. The predicted octanol–water partition coefficient (Wildman–Crippen LogP) is 4.06. The molecule has 0 heterocycles. The molecular weight excluding hydrogens is 196 g/mol. The Morgan fingerprint density at radius 2 is 2.23 bits per heavy atom. The van der Waals surface area contributed by atoms with Crippen LogP contribution in [0, 0.1) is 11.3 Å². The quantitative estimate of drug-likeness (QED) is 0.477. The molecule has 13 heavy (non-hydrogen) atoms. The molecule has 1 unspecified atom stereocenters. The fourth-order valence-corrected chi connectivity index (χ4v) is 3.42. The Morgan fingerprint density at radius 1 is 1.62 bits per heavy atom. The Balaban J connectivity index is 2.87. The molecule has 0 amide bonds.